The normalized spacial score (nSPS) is 18.9. The summed E-state index contributed by atoms with van der Waals surface area (Å²) in [5.41, 5.74) is 1.78. The van der Waals surface area contributed by atoms with Crippen molar-refractivity contribution in [1.82, 2.24) is 4.90 Å². The minimum absolute atomic E-state index is 0.00172. The summed E-state index contributed by atoms with van der Waals surface area (Å²) in [6, 6.07) is 7.16. The predicted octanol–water partition coefficient (Wildman–Crippen LogP) is 1.72. The van der Waals surface area contributed by atoms with E-state index in [0.717, 1.165) is 11.3 Å². The fourth-order valence-electron chi connectivity index (χ4n) is 1.99. The maximum atomic E-state index is 12.0. The highest BCUT2D eigenvalue weighted by Gasteiger charge is 2.29. The van der Waals surface area contributed by atoms with Crippen LogP contribution in [-0.2, 0) is 16.1 Å². The number of para-hydroxylation sites is 1. The van der Waals surface area contributed by atoms with E-state index >= 15 is 0 Å². The molecule has 1 unspecified atom stereocenters. The van der Waals surface area contributed by atoms with Crippen molar-refractivity contribution in [2.75, 3.05) is 17.3 Å². The van der Waals surface area contributed by atoms with Crippen LogP contribution in [0, 0.1) is 0 Å². The highest BCUT2D eigenvalue weighted by Crippen LogP contribution is 2.23. The Kier molecular flexibility index (Phi) is 3.91. The van der Waals surface area contributed by atoms with Gasteiger partial charge in [0.2, 0.25) is 11.8 Å². The third-order valence-corrected chi connectivity index (χ3v) is 3.59. The van der Waals surface area contributed by atoms with Gasteiger partial charge in [-0.2, -0.15) is 11.8 Å². The molecule has 1 aliphatic heterocycles. The fraction of sp³-hybridized carbons (Fsp3) is 0.385. The summed E-state index contributed by atoms with van der Waals surface area (Å²) in [5, 5.41) is 2.86. The second-order valence-electron chi connectivity index (χ2n) is 4.28. The van der Waals surface area contributed by atoms with Crippen molar-refractivity contribution >= 4 is 29.3 Å². The van der Waals surface area contributed by atoms with Crippen LogP contribution in [0.4, 0.5) is 5.69 Å². The van der Waals surface area contributed by atoms with Gasteiger partial charge in [-0.3, -0.25) is 9.59 Å². The van der Waals surface area contributed by atoms with Crippen LogP contribution in [0.15, 0.2) is 24.3 Å². The molecule has 0 spiro atoms. The van der Waals surface area contributed by atoms with Crippen molar-refractivity contribution in [2.24, 2.45) is 0 Å². The van der Waals surface area contributed by atoms with E-state index in [9.17, 15) is 9.59 Å². The third-order valence-electron chi connectivity index (χ3n) is 3.05. The van der Waals surface area contributed by atoms with Gasteiger partial charge in [-0.1, -0.05) is 18.2 Å². The maximum absolute atomic E-state index is 12.0. The van der Waals surface area contributed by atoms with Crippen molar-refractivity contribution in [3.05, 3.63) is 29.8 Å². The molecule has 1 N–H and O–H groups in total. The van der Waals surface area contributed by atoms with Crippen molar-refractivity contribution in [1.29, 1.82) is 0 Å². The largest absolute Gasteiger partial charge is 0.326 e. The average molecular weight is 264 g/mol. The summed E-state index contributed by atoms with van der Waals surface area (Å²) in [6.45, 7) is 2.24. The molecule has 0 radical (unpaired) electrons. The van der Waals surface area contributed by atoms with E-state index in [0.29, 0.717) is 12.3 Å². The average Bonchev–Trinajstić information content (AvgIpc) is 2.48. The molecule has 1 aromatic carbocycles. The molecule has 4 nitrogen and oxygen atoms in total. The molecular weight excluding hydrogens is 248 g/mol. The number of thioether (sulfide) groups is 1. The SMILES string of the molecule is CSCC(=O)N1Cc2ccccc2NC(=O)C1C. The first-order valence-electron chi connectivity index (χ1n) is 5.80. The van der Waals surface area contributed by atoms with Gasteiger partial charge in [0.05, 0.1) is 5.75 Å². The smallest absolute Gasteiger partial charge is 0.246 e. The molecule has 2 amide bonds. The van der Waals surface area contributed by atoms with E-state index in [1.165, 1.54) is 11.8 Å². The third kappa shape index (κ3) is 2.51. The predicted molar refractivity (Wildman–Crippen MR) is 73.5 cm³/mol. The zero-order valence-corrected chi connectivity index (χ0v) is 11.3. The number of nitrogens with one attached hydrogen (secondary N) is 1. The van der Waals surface area contributed by atoms with Crippen LogP contribution in [0.3, 0.4) is 0 Å². The Bertz CT molecular complexity index is 476. The quantitative estimate of drug-likeness (QED) is 0.885. The van der Waals surface area contributed by atoms with Crippen molar-refractivity contribution in [2.45, 2.75) is 19.5 Å². The molecule has 1 aliphatic rings. The van der Waals surface area contributed by atoms with Gasteiger partial charge in [-0.15, -0.1) is 0 Å². The Hall–Kier alpha value is -1.49. The van der Waals surface area contributed by atoms with Gasteiger partial charge < -0.3 is 10.2 Å². The van der Waals surface area contributed by atoms with Crippen molar-refractivity contribution in [3.8, 4) is 0 Å². The van der Waals surface area contributed by atoms with E-state index in [-0.39, 0.29) is 11.8 Å². The monoisotopic (exact) mass is 264 g/mol. The van der Waals surface area contributed by atoms with Crippen LogP contribution < -0.4 is 5.32 Å². The summed E-state index contributed by atoms with van der Waals surface area (Å²) in [5.74, 6) is 0.274. The van der Waals surface area contributed by atoms with Gasteiger partial charge in [0.1, 0.15) is 6.04 Å². The summed E-state index contributed by atoms with van der Waals surface area (Å²) >= 11 is 1.47. The second-order valence-corrected chi connectivity index (χ2v) is 5.14. The number of carbonyl (C=O) groups is 2. The van der Waals surface area contributed by atoms with E-state index in [1.807, 2.05) is 30.5 Å². The highest BCUT2D eigenvalue weighted by atomic mass is 32.2. The second kappa shape index (κ2) is 5.44. The molecule has 18 heavy (non-hydrogen) atoms. The Balaban J connectivity index is 2.31. The number of carbonyl (C=O) groups excluding carboxylic acids is 2. The first-order valence-corrected chi connectivity index (χ1v) is 7.20. The van der Waals surface area contributed by atoms with Gasteiger partial charge in [-0.25, -0.2) is 0 Å². The molecule has 5 heteroatoms. The lowest BCUT2D eigenvalue weighted by atomic mass is 10.1. The van der Waals surface area contributed by atoms with Crippen LogP contribution in [0.25, 0.3) is 0 Å². The summed E-state index contributed by atoms with van der Waals surface area (Å²) in [4.78, 5) is 25.7. The maximum Gasteiger partial charge on any atom is 0.246 e. The molecule has 0 saturated heterocycles. The van der Waals surface area contributed by atoms with Gasteiger partial charge in [0, 0.05) is 12.2 Å². The summed E-state index contributed by atoms with van der Waals surface area (Å²) in [7, 11) is 0. The summed E-state index contributed by atoms with van der Waals surface area (Å²) in [6.07, 6.45) is 1.88. The highest BCUT2D eigenvalue weighted by molar-refractivity contribution is 7.99. The molecule has 0 saturated carbocycles. The minimum atomic E-state index is -0.433. The van der Waals surface area contributed by atoms with Gasteiger partial charge >= 0.3 is 0 Å². The number of benzene rings is 1. The first-order chi connectivity index (χ1) is 8.63. The lowest BCUT2D eigenvalue weighted by molar-refractivity contribution is -0.136. The standard InChI is InChI=1S/C13H16N2O2S/c1-9-13(17)14-11-6-4-3-5-10(11)7-15(9)12(16)8-18-2/h3-6,9H,7-8H2,1-2H3,(H,14,17). The Labute approximate surface area is 111 Å². The van der Waals surface area contributed by atoms with Crippen LogP contribution >= 0.6 is 11.8 Å². The topological polar surface area (TPSA) is 49.4 Å². The number of fused-ring (bicyclic) bond motifs is 1. The Morgan fingerprint density at radius 1 is 1.50 bits per heavy atom. The molecule has 1 atom stereocenters. The molecule has 1 aromatic rings. The van der Waals surface area contributed by atoms with E-state index < -0.39 is 6.04 Å². The van der Waals surface area contributed by atoms with Crippen LogP contribution in [0.1, 0.15) is 12.5 Å². The number of nitrogens with zero attached hydrogens (tertiary/aromatic N) is 1. The molecule has 0 fully saturated rings. The molecule has 2 rings (SSSR count). The Morgan fingerprint density at radius 3 is 2.94 bits per heavy atom. The first kappa shape index (κ1) is 13.0. The van der Waals surface area contributed by atoms with Crippen LogP contribution in [0.2, 0.25) is 0 Å². The molecule has 0 bridgehead atoms. The van der Waals surface area contributed by atoms with Crippen LogP contribution in [0.5, 0.6) is 0 Å². The fourth-order valence-corrected chi connectivity index (χ4v) is 2.40. The zero-order valence-electron chi connectivity index (χ0n) is 10.5. The van der Waals surface area contributed by atoms with Crippen molar-refractivity contribution in [3.63, 3.8) is 0 Å². The molecular formula is C13H16N2O2S. The van der Waals surface area contributed by atoms with E-state index in [1.54, 1.807) is 11.8 Å². The summed E-state index contributed by atoms with van der Waals surface area (Å²) < 4.78 is 0. The zero-order chi connectivity index (χ0) is 13.1. The van der Waals surface area contributed by atoms with Gasteiger partial charge in [0.15, 0.2) is 0 Å². The van der Waals surface area contributed by atoms with Gasteiger partial charge in [0.25, 0.3) is 0 Å². The number of rotatable bonds is 2. The van der Waals surface area contributed by atoms with Crippen molar-refractivity contribution < 1.29 is 9.59 Å². The lowest BCUT2D eigenvalue weighted by Crippen LogP contribution is -2.44. The number of hydrogen-bond donors (Lipinski definition) is 1. The Morgan fingerprint density at radius 2 is 2.22 bits per heavy atom. The van der Waals surface area contributed by atoms with Crippen LogP contribution in [-0.4, -0.2) is 34.8 Å². The molecule has 96 valence electrons. The number of hydrogen-bond acceptors (Lipinski definition) is 3. The lowest BCUT2D eigenvalue weighted by Gasteiger charge is -2.25. The molecule has 1 heterocycles. The molecule has 0 aromatic heterocycles. The number of amides is 2. The number of anilines is 1. The molecule has 0 aliphatic carbocycles. The van der Waals surface area contributed by atoms with Gasteiger partial charge in [-0.05, 0) is 24.8 Å². The minimum Gasteiger partial charge on any atom is -0.326 e. The van der Waals surface area contributed by atoms with E-state index in [2.05, 4.69) is 5.32 Å². The van der Waals surface area contributed by atoms with E-state index in [4.69, 9.17) is 0 Å².